The summed E-state index contributed by atoms with van der Waals surface area (Å²) in [6.45, 7) is 13.5. The van der Waals surface area contributed by atoms with Crippen LogP contribution in [0.5, 0.6) is 0 Å². The second kappa shape index (κ2) is 13.1. The van der Waals surface area contributed by atoms with Crippen molar-refractivity contribution < 1.29 is 18.0 Å². The summed E-state index contributed by atoms with van der Waals surface area (Å²) in [4.78, 5) is 28.7. The lowest BCUT2D eigenvalue weighted by molar-refractivity contribution is -0.139. The van der Waals surface area contributed by atoms with Crippen LogP contribution in [0.2, 0.25) is 0 Å². The van der Waals surface area contributed by atoms with Crippen LogP contribution in [0.25, 0.3) is 0 Å². The lowest BCUT2D eigenvalue weighted by Gasteiger charge is -2.32. The van der Waals surface area contributed by atoms with E-state index >= 15 is 0 Å². The summed E-state index contributed by atoms with van der Waals surface area (Å²) in [6, 6.07) is 19.0. The van der Waals surface area contributed by atoms with Gasteiger partial charge in [-0.3, -0.25) is 13.9 Å². The highest BCUT2D eigenvalue weighted by molar-refractivity contribution is 7.92. The zero-order chi connectivity index (χ0) is 29.6. The van der Waals surface area contributed by atoms with Gasteiger partial charge < -0.3 is 10.2 Å². The van der Waals surface area contributed by atoms with E-state index in [2.05, 4.69) is 5.32 Å². The van der Waals surface area contributed by atoms with Crippen molar-refractivity contribution >= 4 is 27.5 Å². The number of aryl methyl sites for hydroxylation is 4. The van der Waals surface area contributed by atoms with Gasteiger partial charge in [-0.25, -0.2) is 8.42 Å². The Morgan fingerprint density at radius 1 is 0.825 bits per heavy atom. The molecule has 0 aliphatic rings. The quantitative estimate of drug-likeness (QED) is 0.343. The molecule has 0 bridgehead atoms. The van der Waals surface area contributed by atoms with Crippen molar-refractivity contribution in [2.45, 2.75) is 65.9 Å². The van der Waals surface area contributed by atoms with E-state index in [9.17, 15) is 18.0 Å². The second-order valence-corrected chi connectivity index (χ2v) is 12.8. The first-order chi connectivity index (χ1) is 18.8. The van der Waals surface area contributed by atoms with Gasteiger partial charge in [-0.15, -0.1) is 0 Å². The first kappa shape index (κ1) is 30.9. The maximum Gasteiger partial charge on any atom is 0.264 e. The fourth-order valence-electron chi connectivity index (χ4n) is 4.48. The lowest BCUT2D eigenvalue weighted by atomic mass is 10.1. The molecule has 0 aliphatic carbocycles. The molecule has 0 radical (unpaired) electrons. The Labute approximate surface area is 239 Å². The molecule has 0 unspecified atom stereocenters. The Morgan fingerprint density at radius 3 is 2.05 bits per heavy atom. The Morgan fingerprint density at radius 2 is 1.45 bits per heavy atom. The highest BCUT2D eigenvalue weighted by Crippen LogP contribution is 2.28. The molecule has 2 amide bonds. The number of carbonyl (C=O) groups is 2. The minimum Gasteiger partial charge on any atom is -0.354 e. The number of rotatable bonds is 11. The molecule has 3 aromatic carbocycles. The second-order valence-electron chi connectivity index (χ2n) is 10.9. The van der Waals surface area contributed by atoms with Crippen molar-refractivity contribution in [3.05, 3.63) is 94.5 Å². The van der Waals surface area contributed by atoms with Crippen LogP contribution in [0.15, 0.2) is 71.6 Å². The van der Waals surface area contributed by atoms with Gasteiger partial charge in [0.2, 0.25) is 11.8 Å². The molecule has 0 aliphatic heterocycles. The van der Waals surface area contributed by atoms with Gasteiger partial charge >= 0.3 is 0 Å². The predicted octanol–water partition coefficient (Wildman–Crippen LogP) is 5.31. The van der Waals surface area contributed by atoms with Crippen LogP contribution in [-0.4, -0.2) is 44.3 Å². The van der Waals surface area contributed by atoms with Crippen molar-refractivity contribution in [1.82, 2.24) is 10.2 Å². The first-order valence-electron chi connectivity index (χ1n) is 13.6. The van der Waals surface area contributed by atoms with Gasteiger partial charge in [0.1, 0.15) is 12.6 Å². The lowest BCUT2D eigenvalue weighted by Crippen LogP contribution is -2.51. The van der Waals surface area contributed by atoms with E-state index < -0.39 is 28.5 Å². The van der Waals surface area contributed by atoms with E-state index in [1.807, 2.05) is 77.9 Å². The van der Waals surface area contributed by atoms with E-state index in [0.717, 1.165) is 32.1 Å². The van der Waals surface area contributed by atoms with Crippen LogP contribution in [0.1, 0.15) is 48.6 Å². The Hall–Kier alpha value is -3.65. The third kappa shape index (κ3) is 7.72. The minimum atomic E-state index is -4.10. The highest BCUT2D eigenvalue weighted by Gasteiger charge is 2.33. The zero-order valence-corrected chi connectivity index (χ0v) is 25.4. The summed E-state index contributed by atoms with van der Waals surface area (Å²) in [7, 11) is -4.10. The van der Waals surface area contributed by atoms with Crippen LogP contribution in [0.3, 0.4) is 0 Å². The average molecular weight is 564 g/mol. The Bertz CT molecular complexity index is 1450. The predicted molar refractivity (Wildman–Crippen MR) is 161 cm³/mol. The summed E-state index contributed by atoms with van der Waals surface area (Å²) in [6.07, 6.45) is 0. The van der Waals surface area contributed by atoms with Crippen LogP contribution in [0, 0.1) is 33.6 Å². The molecule has 3 rings (SSSR count). The summed E-state index contributed by atoms with van der Waals surface area (Å²) >= 11 is 0. The molecule has 7 nitrogen and oxygen atoms in total. The SMILES string of the molecule is Cc1ccc(S(=O)(=O)N(CC(=O)N(Cc2cccc(C)c2)[C@H](C)C(=O)NCC(C)C)c2ccc(C)cc2C)cc1. The van der Waals surface area contributed by atoms with Gasteiger partial charge in [0.15, 0.2) is 0 Å². The van der Waals surface area contributed by atoms with Crippen molar-refractivity contribution in [3.8, 4) is 0 Å². The van der Waals surface area contributed by atoms with E-state index in [4.69, 9.17) is 0 Å². The standard InChI is InChI=1S/C32H41N3O4S/c1-22(2)19-33-32(37)27(7)34(20-28-10-8-9-24(4)18-28)31(36)21-35(30-16-13-25(5)17-26(30)6)40(38,39)29-14-11-23(3)12-15-29/h8-18,22,27H,19-21H2,1-7H3,(H,33,37)/t27-/m1/s1. The van der Waals surface area contributed by atoms with Gasteiger partial charge in [-0.2, -0.15) is 0 Å². The van der Waals surface area contributed by atoms with Crippen molar-refractivity contribution in [2.24, 2.45) is 5.92 Å². The van der Waals surface area contributed by atoms with E-state index in [1.54, 1.807) is 37.3 Å². The topological polar surface area (TPSA) is 86.8 Å². The summed E-state index contributed by atoms with van der Waals surface area (Å²) < 4.78 is 29.2. The summed E-state index contributed by atoms with van der Waals surface area (Å²) in [5.41, 5.74) is 4.95. The number of carbonyl (C=O) groups excluding carboxylic acids is 2. The first-order valence-corrected chi connectivity index (χ1v) is 15.0. The third-order valence-corrected chi connectivity index (χ3v) is 8.57. The summed E-state index contributed by atoms with van der Waals surface area (Å²) in [5.74, 6) is -0.504. The number of amides is 2. The molecule has 1 atom stereocenters. The minimum absolute atomic E-state index is 0.0961. The van der Waals surface area contributed by atoms with Gasteiger partial charge in [-0.05, 0) is 69.9 Å². The molecule has 40 heavy (non-hydrogen) atoms. The van der Waals surface area contributed by atoms with Crippen LogP contribution in [0.4, 0.5) is 5.69 Å². The van der Waals surface area contributed by atoms with Gasteiger partial charge in [-0.1, -0.05) is 79.1 Å². The molecule has 0 fully saturated rings. The van der Waals surface area contributed by atoms with Crippen molar-refractivity contribution in [2.75, 3.05) is 17.4 Å². The molecule has 0 aromatic heterocycles. The molecule has 1 N–H and O–H groups in total. The third-order valence-electron chi connectivity index (χ3n) is 6.80. The molecular weight excluding hydrogens is 522 g/mol. The van der Waals surface area contributed by atoms with Crippen LogP contribution < -0.4 is 9.62 Å². The molecule has 0 spiro atoms. The molecule has 0 heterocycles. The summed E-state index contributed by atoms with van der Waals surface area (Å²) in [5, 5.41) is 2.91. The maximum absolute atomic E-state index is 14.1. The smallest absolute Gasteiger partial charge is 0.264 e. The maximum atomic E-state index is 14.1. The van der Waals surface area contributed by atoms with Gasteiger partial charge in [0.25, 0.3) is 10.0 Å². The van der Waals surface area contributed by atoms with E-state index in [-0.39, 0.29) is 23.3 Å². The van der Waals surface area contributed by atoms with Crippen molar-refractivity contribution in [3.63, 3.8) is 0 Å². The number of hydrogen-bond acceptors (Lipinski definition) is 4. The number of sulfonamides is 1. The fraction of sp³-hybridized carbons (Fsp3) is 0.375. The molecule has 0 saturated heterocycles. The monoisotopic (exact) mass is 563 g/mol. The number of hydrogen-bond donors (Lipinski definition) is 1. The fourth-order valence-corrected chi connectivity index (χ4v) is 5.96. The molecule has 214 valence electrons. The Kier molecular flexibility index (Phi) is 10.1. The molecule has 8 heteroatoms. The van der Waals surface area contributed by atoms with E-state index in [1.165, 1.54) is 4.90 Å². The number of anilines is 1. The number of nitrogens with zero attached hydrogens (tertiary/aromatic N) is 2. The van der Waals surface area contributed by atoms with Gasteiger partial charge in [0, 0.05) is 13.1 Å². The van der Waals surface area contributed by atoms with Crippen molar-refractivity contribution in [1.29, 1.82) is 0 Å². The highest BCUT2D eigenvalue weighted by atomic mass is 32.2. The Balaban J connectivity index is 2.05. The largest absolute Gasteiger partial charge is 0.354 e. The molecule has 3 aromatic rings. The molecular formula is C32H41N3O4S. The van der Waals surface area contributed by atoms with Crippen LogP contribution in [-0.2, 0) is 26.2 Å². The van der Waals surface area contributed by atoms with Crippen LogP contribution >= 0.6 is 0 Å². The number of benzene rings is 3. The van der Waals surface area contributed by atoms with Gasteiger partial charge in [0.05, 0.1) is 10.6 Å². The molecule has 0 saturated carbocycles. The number of nitrogens with one attached hydrogen (secondary N) is 1. The normalized spacial score (nSPS) is 12.2. The zero-order valence-electron chi connectivity index (χ0n) is 24.6. The average Bonchev–Trinajstić information content (AvgIpc) is 2.89. The van der Waals surface area contributed by atoms with E-state index in [0.29, 0.717) is 12.2 Å².